The average molecular weight is 367 g/mol. The van der Waals surface area contributed by atoms with Gasteiger partial charge in [0.05, 0.1) is 19.1 Å². The number of ether oxygens (including phenoxy) is 1. The van der Waals surface area contributed by atoms with Gasteiger partial charge in [-0.15, -0.1) is 0 Å². The number of fused-ring (bicyclic) bond motifs is 1. The molecule has 0 saturated carbocycles. The smallest absolute Gasteiger partial charge is 0.325 e. The molecule has 2 amide bonds. The largest absolute Gasteiger partial charge is 0.468 e. The number of rotatable bonds is 3. The Morgan fingerprint density at radius 1 is 1.52 bits per heavy atom. The van der Waals surface area contributed by atoms with E-state index in [1.807, 2.05) is 0 Å². The predicted octanol–water partition coefficient (Wildman–Crippen LogP) is 2.03. The molecule has 2 N–H and O–H groups in total. The first-order chi connectivity index (χ1) is 12.0. The molecule has 9 heteroatoms. The maximum absolute atomic E-state index is 14.5. The normalized spacial score (nSPS) is 16.3. The van der Waals surface area contributed by atoms with Crippen LogP contribution in [0.25, 0.3) is 0 Å². The van der Waals surface area contributed by atoms with E-state index in [-0.39, 0.29) is 17.1 Å². The van der Waals surface area contributed by atoms with Gasteiger partial charge in [-0.25, -0.2) is 14.2 Å². The highest BCUT2D eigenvalue weighted by atomic mass is 35.5. The second kappa shape index (κ2) is 7.10. The van der Waals surface area contributed by atoms with Gasteiger partial charge in [-0.3, -0.25) is 4.79 Å². The van der Waals surface area contributed by atoms with E-state index in [0.29, 0.717) is 18.7 Å². The summed E-state index contributed by atoms with van der Waals surface area (Å²) in [6.07, 6.45) is 2.06. The molecule has 1 atom stereocenters. The Labute approximate surface area is 148 Å². The molecule has 25 heavy (non-hydrogen) atoms. The van der Waals surface area contributed by atoms with Crippen LogP contribution in [0.4, 0.5) is 9.18 Å². The lowest BCUT2D eigenvalue weighted by Gasteiger charge is -2.35. The van der Waals surface area contributed by atoms with Crippen LogP contribution < -0.4 is 5.32 Å². The van der Waals surface area contributed by atoms with Crippen LogP contribution in [0.3, 0.4) is 0 Å². The zero-order valence-corrected chi connectivity index (χ0v) is 14.1. The van der Waals surface area contributed by atoms with E-state index in [0.717, 1.165) is 5.69 Å². The summed E-state index contributed by atoms with van der Waals surface area (Å²) in [5.41, 5.74) is 1.70. The van der Waals surface area contributed by atoms with Gasteiger partial charge in [-0.05, 0) is 12.1 Å². The van der Waals surface area contributed by atoms with Crippen molar-refractivity contribution in [2.24, 2.45) is 0 Å². The molecule has 3 rings (SSSR count). The molecular formula is C16H16ClFN4O3. The molecule has 0 radical (unpaired) electrons. The van der Waals surface area contributed by atoms with Crippen LogP contribution in [0.1, 0.15) is 23.0 Å². The number of hydrogen-bond acceptors (Lipinski definition) is 4. The molecule has 7 nitrogen and oxygen atoms in total. The number of aromatic nitrogens is 2. The van der Waals surface area contributed by atoms with Crippen LogP contribution in [-0.4, -0.2) is 47.1 Å². The van der Waals surface area contributed by atoms with Crippen LogP contribution in [0.5, 0.6) is 0 Å². The van der Waals surface area contributed by atoms with Crippen LogP contribution in [-0.2, 0) is 16.0 Å². The molecule has 1 aliphatic rings. The first-order valence-corrected chi connectivity index (χ1v) is 7.97. The molecule has 0 fully saturated rings. The van der Waals surface area contributed by atoms with Crippen LogP contribution >= 0.6 is 11.6 Å². The highest BCUT2D eigenvalue weighted by Gasteiger charge is 2.35. The van der Waals surface area contributed by atoms with Gasteiger partial charge < -0.3 is 19.9 Å². The van der Waals surface area contributed by atoms with Gasteiger partial charge in [0.25, 0.3) is 0 Å². The third kappa shape index (κ3) is 3.43. The Balaban J connectivity index is 1.94. The molecule has 2 aromatic rings. The lowest BCUT2D eigenvalue weighted by Crippen LogP contribution is -2.47. The Hall–Kier alpha value is -2.61. The second-order valence-corrected chi connectivity index (χ2v) is 5.95. The number of imidazole rings is 1. The fraction of sp³-hybridized carbons (Fsp3) is 0.312. The molecule has 1 aromatic heterocycles. The summed E-state index contributed by atoms with van der Waals surface area (Å²) in [6.45, 7) is 0.0734. The van der Waals surface area contributed by atoms with E-state index in [4.69, 9.17) is 11.6 Å². The molecule has 1 aromatic carbocycles. The quantitative estimate of drug-likeness (QED) is 0.814. The third-order valence-electron chi connectivity index (χ3n) is 4.05. The second-order valence-electron chi connectivity index (χ2n) is 5.51. The molecule has 0 unspecified atom stereocenters. The van der Waals surface area contributed by atoms with Gasteiger partial charge in [0.2, 0.25) is 0 Å². The predicted molar refractivity (Wildman–Crippen MR) is 87.7 cm³/mol. The standard InChI is InChI=1S/C16H16ClFN4O3/c1-25-13(23)7-19-16(24)22-5-4-12-14(21-8-20-12)15(22)10-3-2-9(17)6-11(10)18/h2-3,6,8,15H,4-5,7H2,1H3,(H,19,24)(H,20,21)/t15-/m0/s1. The van der Waals surface area contributed by atoms with Crippen LogP contribution in [0.2, 0.25) is 5.02 Å². The van der Waals surface area contributed by atoms with Crippen molar-refractivity contribution >= 4 is 23.6 Å². The summed E-state index contributed by atoms with van der Waals surface area (Å²) >= 11 is 5.83. The summed E-state index contributed by atoms with van der Waals surface area (Å²) in [4.78, 5) is 32.5. The SMILES string of the molecule is COC(=O)CNC(=O)N1CCc2[nH]cnc2[C@@H]1c1ccc(Cl)cc1F. The number of aromatic amines is 1. The number of nitrogens with zero attached hydrogens (tertiary/aromatic N) is 2. The van der Waals surface area contributed by atoms with Crippen molar-refractivity contribution in [3.8, 4) is 0 Å². The van der Waals surface area contributed by atoms with Crippen molar-refractivity contribution in [1.29, 1.82) is 0 Å². The Morgan fingerprint density at radius 2 is 2.32 bits per heavy atom. The topological polar surface area (TPSA) is 87.3 Å². The number of hydrogen-bond donors (Lipinski definition) is 2. The van der Waals surface area contributed by atoms with Gasteiger partial charge in [0.15, 0.2) is 0 Å². The molecule has 132 valence electrons. The van der Waals surface area contributed by atoms with Crippen molar-refractivity contribution in [1.82, 2.24) is 20.2 Å². The first kappa shape index (κ1) is 17.2. The summed E-state index contributed by atoms with van der Waals surface area (Å²) < 4.78 is 19.0. The number of halogens is 2. The van der Waals surface area contributed by atoms with E-state index in [2.05, 4.69) is 20.0 Å². The Bertz CT molecular complexity index is 810. The molecule has 0 aliphatic carbocycles. The summed E-state index contributed by atoms with van der Waals surface area (Å²) in [6, 6.07) is 3.07. The van der Waals surface area contributed by atoms with Gasteiger partial charge in [-0.1, -0.05) is 17.7 Å². The highest BCUT2D eigenvalue weighted by molar-refractivity contribution is 6.30. The monoisotopic (exact) mass is 366 g/mol. The molecule has 0 bridgehead atoms. The number of carbonyl (C=O) groups excluding carboxylic acids is 2. The lowest BCUT2D eigenvalue weighted by molar-refractivity contribution is -0.139. The highest BCUT2D eigenvalue weighted by Crippen LogP contribution is 2.35. The molecule has 0 spiro atoms. The number of benzene rings is 1. The summed E-state index contributed by atoms with van der Waals surface area (Å²) in [5.74, 6) is -1.10. The number of methoxy groups -OCH3 is 1. The Morgan fingerprint density at radius 3 is 3.04 bits per heavy atom. The number of H-pyrrole nitrogens is 1. The van der Waals surface area contributed by atoms with Crippen molar-refractivity contribution in [3.63, 3.8) is 0 Å². The van der Waals surface area contributed by atoms with Gasteiger partial charge in [-0.2, -0.15) is 0 Å². The molecule has 0 saturated heterocycles. The minimum absolute atomic E-state index is 0.265. The van der Waals surface area contributed by atoms with E-state index < -0.39 is 23.9 Å². The van der Waals surface area contributed by atoms with Crippen molar-refractivity contribution in [2.45, 2.75) is 12.5 Å². The van der Waals surface area contributed by atoms with Crippen LogP contribution in [0.15, 0.2) is 24.5 Å². The zero-order chi connectivity index (χ0) is 18.0. The minimum atomic E-state index is -0.718. The van der Waals surface area contributed by atoms with Crippen molar-refractivity contribution < 1.29 is 18.7 Å². The minimum Gasteiger partial charge on any atom is -0.468 e. The lowest BCUT2D eigenvalue weighted by atomic mass is 9.95. The maximum atomic E-state index is 14.5. The van der Waals surface area contributed by atoms with Crippen molar-refractivity contribution in [3.05, 3.63) is 52.3 Å². The van der Waals surface area contributed by atoms with Gasteiger partial charge >= 0.3 is 12.0 Å². The average Bonchev–Trinajstić information content (AvgIpc) is 3.07. The van der Waals surface area contributed by atoms with Crippen molar-refractivity contribution in [2.75, 3.05) is 20.2 Å². The molecular weight excluding hydrogens is 351 g/mol. The van der Waals surface area contributed by atoms with E-state index >= 15 is 0 Å². The van der Waals surface area contributed by atoms with E-state index in [9.17, 15) is 14.0 Å². The molecule has 1 aliphatic heterocycles. The number of esters is 1. The van der Waals surface area contributed by atoms with E-state index in [1.165, 1.54) is 30.5 Å². The van der Waals surface area contributed by atoms with Gasteiger partial charge in [0.1, 0.15) is 18.4 Å². The summed E-state index contributed by atoms with van der Waals surface area (Å²) in [7, 11) is 1.23. The zero-order valence-electron chi connectivity index (χ0n) is 13.4. The summed E-state index contributed by atoms with van der Waals surface area (Å²) in [5, 5.41) is 2.75. The fourth-order valence-electron chi connectivity index (χ4n) is 2.86. The number of amides is 2. The number of urea groups is 1. The molecule has 2 heterocycles. The van der Waals surface area contributed by atoms with E-state index in [1.54, 1.807) is 6.07 Å². The Kier molecular flexibility index (Phi) is 4.89. The number of carbonyl (C=O) groups is 2. The third-order valence-corrected chi connectivity index (χ3v) is 4.29. The maximum Gasteiger partial charge on any atom is 0.325 e. The van der Waals surface area contributed by atoms with Gasteiger partial charge in [0, 0.05) is 29.2 Å². The number of nitrogens with one attached hydrogen (secondary N) is 2. The first-order valence-electron chi connectivity index (χ1n) is 7.59. The van der Waals surface area contributed by atoms with Crippen LogP contribution in [0, 0.1) is 5.82 Å². The fourth-order valence-corrected chi connectivity index (χ4v) is 3.01.